The molecule has 1 aromatic rings. The largest absolute Gasteiger partial charge is 0.370 e. The van der Waals surface area contributed by atoms with Crippen molar-refractivity contribution in [3.63, 3.8) is 0 Å². The van der Waals surface area contributed by atoms with E-state index in [9.17, 15) is 0 Å². The summed E-state index contributed by atoms with van der Waals surface area (Å²) in [6, 6.07) is 1.84. The predicted octanol–water partition coefficient (Wildman–Crippen LogP) is 1.66. The smallest absolute Gasteiger partial charge is 0.221 e. The van der Waals surface area contributed by atoms with Crippen LogP contribution >= 0.6 is 0 Å². The number of nitrogens with zero attached hydrogens (tertiary/aromatic N) is 2. The van der Waals surface area contributed by atoms with Gasteiger partial charge in [-0.1, -0.05) is 12.8 Å². The lowest BCUT2D eigenvalue weighted by Crippen LogP contribution is -2.05. The van der Waals surface area contributed by atoms with E-state index in [0.29, 0.717) is 5.95 Å². The molecule has 14 heavy (non-hydrogen) atoms. The van der Waals surface area contributed by atoms with Crippen molar-refractivity contribution in [1.82, 2.24) is 9.97 Å². The van der Waals surface area contributed by atoms with Crippen molar-refractivity contribution < 1.29 is 0 Å². The summed E-state index contributed by atoms with van der Waals surface area (Å²) < 4.78 is 0. The number of aromatic nitrogens is 2. The molecule has 1 aromatic heterocycles. The van der Waals surface area contributed by atoms with E-state index in [1.807, 2.05) is 6.07 Å². The van der Waals surface area contributed by atoms with Gasteiger partial charge in [0, 0.05) is 12.7 Å². The van der Waals surface area contributed by atoms with E-state index in [1.54, 1.807) is 6.20 Å². The highest BCUT2D eigenvalue weighted by atomic mass is 15.1. The maximum Gasteiger partial charge on any atom is 0.221 e. The van der Waals surface area contributed by atoms with E-state index in [1.165, 1.54) is 25.7 Å². The molecule has 3 N–H and O–H groups in total. The molecule has 1 aliphatic rings. The zero-order valence-electron chi connectivity index (χ0n) is 8.24. The Morgan fingerprint density at radius 3 is 3.07 bits per heavy atom. The molecule has 4 heteroatoms. The van der Waals surface area contributed by atoms with Gasteiger partial charge in [-0.25, -0.2) is 4.98 Å². The monoisotopic (exact) mass is 192 g/mol. The molecule has 1 saturated carbocycles. The van der Waals surface area contributed by atoms with Gasteiger partial charge in [0.2, 0.25) is 5.95 Å². The maximum absolute atomic E-state index is 5.46. The van der Waals surface area contributed by atoms with Crippen LogP contribution in [0.1, 0.15) is 25.7 Å². The fourth-order valence-corrected chi connectivity index (χ4v) is 1.49. The first-order valence-corrected chi connectivity index (χ1v) is 5.17. The Labute approximate surface area is 83.9 Å². The fourth-order valence-electron chi connectivity index (χ4n) is 1.49. The molecule has 0 aromatic carbocycles. The first-order valence-electron chi connectivity index (χ1n) is 5.17. The normalized spacial score (nSPS) is 15.4. The fraction of sp³-hybridized carbons (Fsp3) is 0.600. The van der Waals surface area contributed by atoms with Crippen LogP contribution in [0.5, 0.6) is 0 Å². The molecule has 76 valence electrons. The van der Waals surface area contributed by atoms with Gasteiger partial charge >= 0.3 is 0 Å². The van der Waals surface area contributed by atoms with Crippen LogP contribution in [0.4, 0.5) is 11.8 Å². The average Bonchev–Trinajstić information content (AvgIpc) is 2.96. The van der Waals surface area contributed by atoms with Crippen molar-refractivity contribution in [2.24, 2.45) is 5.92 Å². The number of rotatable bonds is 5. The van der Waals surface area contributed by atoms with Crippen LogP contribution in [-0.4, -0.2) is 16.5 Å². The Kier molecular flexibility index (Phi) is 2.81. The Morgan fingerprint density at radius 1 is 1.50 bits per heavy atom. The Morgan fingerprint density at radius 2 is 2.36 bits per heavy atom. The van der Waals surface area contributed by atoms with E-state index in [-0.39, 0.29) is 0 Å². The van der Waals surface area contributed by atoms with Crippen molar-refractivity contribution in [2.75, 3.05) is 17.6 Å². The molecule has 0 amide bonds. The summed E-state index contributed by atoms with van der Waals surface area (Å²) in [5, 5.41) is 3.24. The lowest BCUT2D eigenvalue weighted by atomic mass is 10.2. The van der Waals surface area contributed by atoms with Gasteiger partial charge in [-0.05, 0) is 24.8 Å². The molecule has 0 saturated heterocycles. The summed E-state index contributed by atoms with van der Waals surface area (Å²) in [4.78, 5) is 7.89. The SMILES string of the molecule is Nc1nccc(NCCCC2CC2)n1. The molecule has 0 atom stereocenters. The summed E-state index contributed by atoms with van der Waals surface area (Å²) in [5.41, 5.74) is 5.46. The number of nitrogens with one attached hydrogen (secondary N) is 1. The van der Waals surface area contributed by atoms with Gasteiger partial charge in [0.15, 0.2) is 0 Å². The molecular weight excluding hydrogens is 176 g/mol. The third-order valence-electron chi connectivity index (χ3n) is 2.47. The number of nitrogen functional groups attached to an aromatic ring is 1. The van der Waals surface area contributed by atoms with Crippen molar-refractivity contribution >= 4 is 11.8 Å². The standard InChI is InChI=1S/C10H16N4/c11-10-13-7-5-9(14-10)12-6-1-2-8-3-4-8/h5,7-8H,1-4,6H2,(H3,11,12,13,14). The van der Waals surface area contributed by atoms with E-state index < -0.39 is 0 Å². The van der Waals surface area contributed by atoms with E-state index in [4.69, 9.17) is 5.73 Å². The topological polar surface area (TPSA) is 63.8 Å². The van der Waals surface area contributed by atoms with Crippen LogP contribution in [0.2, 0.25) is 0 Å². The lowest BCUT2D eigenvalue weighted by molar-refractivity contribution is 0.686. The van der Waals surface area contributed by atoms with Crippen LogP contribution in [0.25, 0.3) is 0 Å². The van der Waals surface area contributed by atoms with Crippen LogP contribution in [-0.2, 0) is 0 Å². The molecule has 4 nitrogen and oxygen atoms in total. The van der Waals surface area contributed by atoms with Gasteiger partial charge in [0.05, 0.1) is 0 Å². The van der Waals surface area contributed by atoms with Gasteiger partial charge in [-0.3, -0.25) is 0 Å². The highest BCUT2D eigenvalue weighted by Gasteiger charge is 2.19. The van der Waals surface area contributed by atoms with Crippen LogP contribution < -0.4 is 11.1 Å². The first-order chi connectivity index (χ1) is 6.84. The number of anilines is 2. The number of hydrogen-bond acceptors (Lipinski definition) is 4. The Balaban J connectivity index is 1.68. The third kappa shape index (κ3) is 2.87. The zero-order valence-corrected chi connectivity index (χ0v) is 8.24. The Hall–Kier alpha value is -1.32. The van der Waals surface area contributed by atoms with Gasteiger partial charge < -0.3 is 11.1 Å². The minimum atomic E-state index is 0.331. The second kappa shape index (κ2) is 4.26. The van der Waals surface area contributed by atoms with E-state index in [0.717, 1.165) is 18.3 Å². The maximum atomic E-state index is 5.46. The van der Waals surface area contributed by atoms with Gasteiger partial charge in [-0.15, -0.1) is 0 Å². The molecule has 0 aliphatic heterocycles. The van der Waals surface area contributed by atoms with Crippen molar-refractivity contribution in [3.05, 3.63) is 12.3 Å². The summed E-state index contributed by atoms with van der Waals surface area (Å²) in [6.45, 7) is 0.979. The lowest BCUT2D eigenvalue weighted by Gasteiger charge is -2.04. The first kappa shape index (κ1) is 9.24. The van der Waals surface area contributed by atoms with Crippen molar-refractivity contribution in [2.45, 2.75) is 25.7 Å². The quantitative estimate of drug-likeness (QED) is 0.696. The minimum Gasteiger partial charge on any atom is -0.370 e. The molecule has 1 aliphatic carbocycles. The molecule has 0 unspecified atom stereocenters. The van der Waals surface area contributed by atoms with E-state index in [2.05, 4.69) is 15.3 Å². The second-order valence-electron chi connectivity index (χ2n) is 3.81. The van der Waals surface area contributed by atoms with Crippen LogP contribution in [0, 0.1) is 5.92 Å². The Bertz CT molecular complexity index is 296. The average molecular weight is 192 g/mol. The van der Waals surface area contributed by atoms with Crippen molar-refractivity contribution in [3.8, 4) is 0 Å². The number of nitrogens with two attached hydrogens (primary N) is 1. The highest BCUT2D eigenvalue weighted by molar-refractivity contribution is 5.36. The molecule has 0 bridgehead atoms. The summed E-state index contributed by atoms with van der Waals surface area (Å²) >= 11 is 0. The summed E-state index contributed by atoms with van der Waals surface area (Å²) in [6.07, 6.45) is 7.09. The highest BCUT2D eigenvalue weighted by Crippen LogP contribution is 2.33. The summed E-state index contributed by atoms with van der Waals surface area (Å²) in [5.74, 6) is 2.16. The molecular formula is C10H16N4. The third-order valence-corrected chi connectivity index (χ3v) is 2.47. The van der Waals surface area contributed by atoms with Crippen molar-refractivity contribution in [1.29, 1.82) is 0 Å². The molecule has 0 radical (unpaired) electrons. The van der Waals surface area contributed by atoms with E-state index >= 15 is 0 Å². The van der Waals surface area contributed by atoms with Gasteiger partial charge in [0.25, 0.3) is 0 Å². The molecule has 1 fully saturated rings. The molecule has 0 spiro atoms. The summed E-state index contributed by atoms with van der Waals surface area (Å²) in [7, 11) is 0. The molecule has 2 rings (SSSR count). The minimum absolute atomic E-state index is 0.331. The zero-order chi connectivity index (χ0) is 9.80. The second-order valence-corrected chi connectivity index (χ2v) is 3.81. The van der Waals surface area contributed by atoms with Gasteiger partial charge in [-0.2, -0.15) is 4.98 Å². The molecule has 1 heterocycles. The van der Waals surface area contributed by atoms with Crippen LogP contribution in [0.3, 0.4) is 0 Å². The van der Waals surface area contributed by atoms with Gasteiger partial charge in [0.1, 0.15) is 5.82 Å². The predicted molar refractivity (Wildman–Crippen MR) is 56.9 cm³/mol. The number of hydrogen-bond donors (Lipinski definition) is 2. The van der Waals surface area contributed by atoms with Crippen LogP contribution in [0.15, 0.2) is 12.3 Å².